The molecule has 0 spiro atoms. The van der Waals surface area contributed by atoms with E-state index in [0.29, 0.717) is 0 Å². The smallest absolute Gasteiger partial charge is 0.330 e. The van der Waals surface area contributed by atoms with Gasteiger partial charge in [-0.05, 0) is 47.2 Å². The van der Waals surface area contributed by atoms with Gasteiger partial charge in [0.05, 0.1) is 13.2 Å². The highest BCUT2D eigenvalue weighted by molar-refractivity contribution is 6.53. The van der Waals surface area contributed by atoms with Crippen LogP contribution in [0.4, 0.5) is 0 Å². The van der Waals surface area contributed by atoms with Crippen LogP contribution in [0.2, 0.25) is 0 Å². The zero-order valence-electron chi connectivity index (χ0n) is 27.7. The summed E-state index contributed by atoms with van der Waals surface area (Å²) in [7, 11) is -4.65. The van der Waals surface area contributed by atoms with Gasteiger partial charge < -0.3 is 8.85 Å². The summed E-state index contributed by atoms with van der Waals surface area (Å²) < 4.78 is 27.8. The first kappa shape index (κ1) is 34.2. The Bertz CT molecular complexity index is 1490. The Hall–Kier alpha value is -4.70. The normalized spacial score (nSPS) is 12.1. The Morgan fingerprint density at radius 2 is 0.551 bits per heavy atom. The van der Waals surface area contributed by atoms with Gasteiger partial charge in [0.2, 0.25) is 0 Å². The molecule has 0 fully saturated rings. The molecule has 6 aromatic carbocycles. The number of rotatable bonds is 16. The average molecular weight is 669 g/mol. The van der Waals surface area contributed by atoms with Crippen LogP contribution in [0.25, 0.3) is 0 Å². The van der Waals surface area contributed by atoms with Gasteiger partial charge in [-0.25, -0.2) is 9.78 Å². The Morgan fingerprint density at radius 1 is 0.347 bits per heavy atom. The second kappa shape index (κ2) is 16.1. The van der Waals surface area contributed by atoms with E-state index < -0.39 is 20.3 Å². The Morgan fingerprint density at radius 3 is 0.735 bits per heavy atom. The Balaban J connectivity index is 1.68. The number of hydrogen-bond acceptors (Lipinski definition) is 6. The predicted molar refractivity (Wildman–Crippen MR) is 192 cm³/mol. The Kier molecular flexibility index (Phi) is 11.2. The fourth-order valence-corrected chi connectivity index (χ4v) is 8.32. The maximum absolute atomic E-state index is 7.53. The van der Waals surface area contributed by atoms with Gasteiger partial charge >= 0.3 is 9.05 Å². The van der Waals surface area contributed by atoms with E-state index in [4.69, 9.17) is 27.8 Å². The lowest BCUT2D eigenvalue weighted by Gasteiger charge is -2.44. The van der Waals surface area contributed by atoms with Gasteiger partial charge in [-0.15, -0.1) is 0 Å². The first-order valence-electron chi connectivity index (χ1n) is 16.5. The van der Waals surface area contributed by atoms with E-state index in [2.05, 4.69) is 0 Å². The molecule has 0 saturated heterocycles. The first-order chi connectivity index (χ1) is 24.2. The maximum Gasteiger partial charge on any atom is 0.738 e. The van der Waals surface area contributed by atoms with Crippen LogP contribution in [0.5, 0.6) is 0 Å². The fourth-order valence-electron chi connectivity index (χ4n) is 6.13. The third kappa shape index (κ3) is 7.20. The zero-order valence-corrected chi connectivity index (χ0v) is 28.7. The topological polar surface area (TPSA) is 55.4 Å². The summed E-state index contributed by atoms with van der Waals surface area (Å²) in [4.78, 5) is 11.6. The fraction of sp³-hybridized carbons (Fsp3) is 0.143. The molecule has 6 rings (SSSR count). The highest BCUT2D eigenvalue weighted by Crippen LogP contribution is 2.48. The van der Waals surface area contributed by atoms with Crippen LogP contribution in [0.3, 0.4) is 0 Å². The lowest BCUT2D eigenvalue weighted by Crippen LogP contribution is -2.59. The molecule has 0 unspecified atom stereocenters. The minimum atomic E-state index is -4.65. The molecular formula is C42H40O6Si. The molecule has 0 bridgehead atoms. The van der Waals surface area contributed by atoms with Crippen molar-refractivity contribution in [3.05, 3.63) is 215 Å². The quantitative estimate of drug-likeness (QED) is 0.0444. The molecule has 49 heavy (non-hydrogen) atoms. The summed E-state index contributed by atoms with van der Waals surface area (Å²) in [5.41, 5.74) is 2.38. The van der Waals surface area contributed by atoms with Crippen LogP contribution < -0.4 is 0 Å². The van der Waals surface area contributed by atoms with Crippen molar-refractivity contribution in [2.45, 2.75) is 25.0 Å². The lowest BCUT2D eigenvalue weighted by molar-refractivity contribution is -0.348. The van der Waals surface area contributed by atoms with Crippen molar-refractivity contribution in [1.82, 2.24) is 0 Å². The third-order valence-electron chi connectivity index (χ3n) is 8.20. The molecule has 0 radical (unpaired) electrons. The van der Waals surface area contributed by atoms with E-state index in [-0.39, 0.29) is 13.2 Å². The molecule has 6 nitrogen and oxygen atoms in total. The summed E-state index contributed by atoms with van der Waals surface area (Å²) in [6.45, 7) is 4.05. The van der Waals surface area contributed by atoms with Crippen molar-refractivity contribution in [2.75, 3.05) is 13.2 Å². The van der Waals surface area contributed by atoms with Crippen molar-refractivity contribution in [2.24, 2.45) is 0 Å². The standard InChI is InChI=1S/C42H40O6Si/c1-3-43-47-49(48-44-4-2,45-41(35-23-11-5-12-24-35,36-25-13-6-14-26-36)37-27-15-7-16-28-37)46-42(38-29-17-8-18-30-38,39-31-19-9-20-32-39)40-33-21-10-22-34-40/h5-34H,3-4H2,1-2H3. The predicted octanol–water partition coefficient (Wildman–Crippen LogP) is 9.38. The van der Waals surface area contributed by atoms with E-state index >= 15 is 0 Å². The van der Waals surface area contributed by atoms with Crippen molar-refractivity contribution in [3.8, 4) is 0 Å². The summed E-state index contributed by atoms with van der Waals surface area (Å²) >= 11 is 0. The van der Waals surface area contributed by atoms with Crippen LogP contribution in [0.1, 0.15) is 47.2 Å². The van der Waals surface area contributed by atoms with Crippen LogP contribution in [0.15, 0.2) is 182 Å². The van der Waals surface area contributed by atoms with E-state index in [9.17, 15) is 0 Å². The highest BCUT2D eigenvalue weighted by atomic mass is 28.4. The molecule has 0 saturated carbocycles. The monoisotopic (exact) mass is 668 g/mol. The second-order valence-corrected chi connectivity index (χ2v) is 13.0. The van der Waals surface area contributed by atoms with Crippen LogP contribution in [0, 0.1) is 0 Å². The van der Waals surface area contributed by atoms with E-state index in [1.54, 1.807) is 0 Å². The molecule has 0 amide bonds. The van der Waals surface area contributed by atoms with Gasteiger partial charge in [0.1, 0.15) is 11.2 Å². The van der Waals surface area contributed by atoms with Crippen molar-refractivity contribution >= 4 is 9.05 Å². The molecular weight excluding hydrogens is 629 g/mol. The van der Waals surface area contributed by atoms with Gasteiger partial charge in [0, 0.05) is 0 Å². The second-order valence-electron chi connectivity index (χ2n) is 11.2. The first-order valence-corrected chi connectivity index (χ1v) is 18.1. The summed E-state index contributed by atoms with van der Waals surface area (Å²) in [6.07, 6.45) is 0. The third-order valence-corrected chi connectivity index (χ3v) is 9.95. The van der Waals surface area contributed by atoms with Gasteiger partial charge in [0.25, 0.3) is 0 Å². The summed E-state index contributed by atoms with van der Waals surface area (Å²) in [5.74, 6) is 0. The molecule has 0 aliphatic heterocycles. The largest absolute Gasteiger partial charge is 0.738 e. The Labute approximate surface area is 289 Å². The van der Waals surface area contributed by atoms with E-state index in [1.165, 1.54) is 0 Å². The molecule has 0 atom stereocenters. The van der Waals surface area contributed by atoms with Crippen molar-refractivity contribution in [1.29, 1.82) is 0 Å². The number of hydrogen-bond donors (Lipinski definition) is 0. The van der Waals surface area contributed by atoms with Crippen LogP contribution in [-0.4, -0.2) is 22.3 Å². The minimum absolute atomic E-state index is 0.195. The van der Waals surface area contributed by atoms with Gasteiger partial charge in [-0.1, -0.05) is 182 Å². The van der Waals surface area contributed by atoms with Crippen LogP contribution in [-0.2, 0) is 39.0 Å². The SMILES string of the molecule is CCOO[Si](OOCC)(OC(c1ccccc1)(c1ccccc1)c1ccccc1)OC(c1ccccc1)(c1ccccc1)c1ccccc1. The zero-order chi connectivity index (χ0) is 33.8. The van der Waals surface area contributed by atoms with Crippen LogP contribution >= 0.6 is 0 Å². The van der Waals surface area contributed by atoms with E-state index in [0.717, 1.165) is 33.4 Å². The minimum Gasteiger partial charge on any atom is -0.330 e. The molecule has 0 N–H and O–H groups in total. The molecule has 248 valence electrons. The van der Waals surface area contributed by atoms with Crippen molar-refractivity contribution in [3.63, 3.8) is 0 Å². The van der Waals surface area contributed by atoms with E-state index in [1.807, 2.05) is 196 Å². The average Bonchev–Trinajstić information content (AvgIpc) is 3.19. The molecule has 7 heteroatoms. The summed E-state index contributed by atoms with van der Waals surface area (Å²) in [6, 6.07) is 60.0. The highest BCUT2D eigenvalue weighted by Gasteiger charge is 2.62. The molecule has 0 aromatic heterocycles. The maximum atomic E-state index is 7.53. The molecule has 0 aliphatic rings. The molecule has 0 aliphatic carbocycles. The van der Waals surface area contributed by atoms with Crippen molar-refractivity contribution < 1.29 is 27.8 Å². The van der Waals surface area contributed by atoms with Gasteiger partial charge in [0.15, 0.2) is 0 Å². The summed E-state index contributed by atoms with van der Waals surface area (Å²) in [5, 5.41) is 0. The molecule has 0 heterocycles. The molecule has 6 aromatic rings. The number of benzene rings is 6. The van der Waals surface area contributed by atoms with Gasteiger partial charge in [-0.2, -0.15) is 9.15 Å². The van der Waals surface area contributed by atoms with Gasteiger partial charge in [-0.3, -0.25) is 0 Å². The lowest BCUT2D eigenvalue weighted by atomic mass is 9.80.